The molecule has 2 saturated heterocycles. The highest BCUT2D eigenvalue weighted by molar-refractivity contribution is 6.35. The topological polar surface area (TPSA) is 116 Å². The molecule has 0 saturated carbocycles. The minimum absolute atomic E-state index is 0.123. The summed E-state index contributed by atoms with van der Waals surface area (Å²) in [6, 6.07) is 4.40. The number of likely N-dealkylation sites (tertiary alicyclic amines) is 1. The summed E-state index contributed by atoms with van der Waals surface area (Å²) >= 11 is 6.26. The van der Waals surface area contributed by atoms with E-state index in [4.69, 9.17) is 16.7 Å². The first-order chi connectivity index (χ1) is 13.5. The molecule has 0 aromatic heterocycles. The molecule has 3 heterocycles. The Bertz CT molecular complexity index is 956. The normalized spacial score (nSPS) is 30.7. The second-order valence-corrected chi connectivity index (χ2v) is 9.20. The van der Waals surface area contributed by atoms with Gasteiger partial charge in [0, 0.05) is 23.6 Å². The Hall–Kier alpha value is -2.45. The van der Waals surface area contributed by atoms with E-state index in [0.29, 0.717) is 16.3 Å². The number of hydrogen-bond donors (Lipinski definition) is 3. The summed E-state index contributed by atoms with van der Waals surface area (Å²) in [7, 11) is 0. The van der Waals surface area contributed by atoms with E-state index >= 15 is 0 Å². The lowest BCUT2D eigenvalue weighted by molar-refractivity contribution is -0.148. The average Bonchev–Trinajstić information content (AvgIpc) is 3.19. The molecule has 2 unspecified atom stereocenters. The number of hydrogen-bond acceptors (Lipinski definition) is 5. The van der Waals surface area contributed by atoms with E-state index in [1.54, 1.807) is 39.0 Å². The number of para-hydroxylation sites is 1. The molecule has 4 rings (SSSR count). The highest BCUT2D eigenvalue weighted by atomic mass is 35.5. The van der Waals surface area contributed by atoms with Crippen molar-refractivity contribution >= 4 is 41.0 Å². The molecule has 3 amide bonds. The lowest BCUT2D eigenvalue weighted by Crippen LogP contribution is -2.55. The molecule has 0 bridgehead atoms. The Balaban J connectivity index is 1.88. The zero-order valence-corrected chi connectivity index (χ0v) is 17.0. The van der Waals surface area contributed by atoms with Gasteiger partial charge in [0.25, 0.3) is 0 Å². The second-order valence-electron chi connectivity index (χ2n) is 8.79. The standard InChI is InChI=1S/C20H22ClN3O5/c1-19(2,3)24-16(27)13-11(7-8-12(25)26)23-20(14(13)17(24)28)9-5-4-6-10(21)15(9)22-18(20)29/h4-6,11,13-14,23H,7-8H2,1-3H3,(H,22,29)(H,25,26)/t11?,13-,14+,20?/m1/s1. The Morgan fingerprint density at radius 2 is 1.93 bits per heavy atom. The molecule has 2 fully saturated rings. The van der Waals surface area contributed by atoms with Gasteiger partial charge in [-0.2, -0.15) is 0 Å². The van der Waals surface area contributed by atoms with Crippen LogP contribution >= 0.6 is 11.6 Å². The molecule has 4 atom stereocenters. The third kappa shape index (κ3) is 2.62. The molecular weight excluding hydrogens is 398 g/mol. The summed E-state index contributed by atoms with van der Waals surface area (Å²) < 4.78 is 0. The summed E-state index contributed by atoms with van der Waals surface area (Å²) in [5.41, 5.74) is -1.29. The zero-order chi connectivity index (χ0) is 21.3. The maximum atomic E-state index is 13.5. The molecule has 1 aromatic carbocycles. The van der Waals surface area contributed by atoms with Crippen LogP contribution < -0.4 is 10.6 Å². The number of anilines is 1. The smallest absolute Gasteiger partial charge is 0.303 e. The first kappa shape index (κ1) is 19.8. The van der Waals surface area contributed by atoms with Gasteiger partial charge in [0.15, 0.2) is 0 Å². The lowest BCUT2D eigenvalue weighted by atomic mass is 9.76. The fraction of sp³-hybridized carbons (Fsp3) is 0.500. The maximum Gasteiger partial charge on any atom is 0.303 e. The fourth-order valence-corrected chi connectivity index (χ4v) is 5.20. The van der Waals surface area contributed by atoms with Gasteiger partial charge in [-0.1, -0.05) is 23.7 Å². The van der Waals surface area contributed by atoms with Crippen LogP contribution in [0.15, 0.2) is 18.2 Å². The molecule has 1 spiro atoms. The minimum atomic E-state index is -1.46. The van der Waals surface area contributed by atoms with E-state index in [-0.39, 0.29) is 18.7 Å². The minimum Gasteiger partial charge on any atom is -0.481 e. The molecule has 3 N–H and O–H groups in total. The Morgan fingerprint density at radius 1 is 1.24 bits per heavy atom. The van der Waals surface area contributed by atoms with Crippen LogP contribution in [0.2, 0.25) is 5.02 Å². The number of carboxylic acids is 1. The monoisotopic (exact) mass is 419 g/mol. The van der Waals surface area contributed by atoms with Gasteiger partial charge in [0.05, 0.1) is 22.5 Å². The van der Waals surface area contributed by atoms with Crippen LogP contribution in [-0.2, 0) is 24.7 Å². The summed E-state index contributed by atoms with van der Waals surface area (Å²) in [6.07, 6.45) is -0.0591. The number of imide groups is 1. The van der Waals surface area contributed by atoms with Gasteiger partial charge >= 0.3 is 5.97 Å². The SMILES string of the molecule is CC(C)(C)N1C(=O)[C@@H]2C(CCC(=O)O)NC3(C(=O)Nc4c(Cl)cccc43)[C@@H]2C1=O. The molecule has 0 radical (unpaired) electrons. The maximum absolute atomic E-state index is 13.5. The van der Waals surface area contributed by atoms with Crippen LogP contribution in [0.3, 0.4) is 0 Å². The number of amides is 3. The molecule has 154 valence electrons. The summed E-state index contributed by atoms with van der Waals surface area (Å²) in [6.45, 7) is 5.28. The average molecular weight is 420 g/mol. The van der Waals surface area contributed by atoms with Crippen LogP contribution in [0.1, 0.15) is 39.2 Å². The zero-order valence-electron chi connectivity index (χ0n) is 16.3. The van der Waals surface area contributed by atoms with Gasteiger partial charge in [-0.15, -0.1) is 0 Å². The van der Waals surface area contributed by atoms with Gasteiger partial charge in [-0.25, -0.2) is 0 Å². The van der Waals surface area contributed by atoms with Crippen molar-refractivity contribution in [2.75, 3.05) is 5.32 Å². The number of carbonyl (C=O) groups is 4. The van der Waals surface area contributed by atoms with Crippen LogP contribution in [-0.4, -0.2) is 45.3 Å². The molecular formula is C20H22ClN3O5. The van der Waals surface area contributed by atoms with E-state index in [9.17, 15) is 19.2 Å². The first-order valence-electron chi connectivity index (χ1n) is 9.48. The molecule has 29 heavy (non-hydrogen) atoms. The molecule has 0 aliphatic carbocycles. The fourth-order valence-electron chi connectivity index (χ4n) is 4.98. The summed E-state index contributed by atoms with van der Waals surface area (Å²) in [5.74, 6) is -4.06. The van der Waals surface area contributed by atoms with Crippen LogP contribution in [0, 0.1) is 11.8 Å². The predicted molar refractivity (Wildman–Crippen MR) is 104 cm³/mol. The summed E-state index contributed by atoms with van der Waals surface area (Å²) in [5, 5.41) is 15.4. The first-order valence-corrected chi connectivity index (χ1v) is 9.86. The van der Waals surface area contributed by atoms with Gasteiger partial charge in [-0.05, 0) is 33.3 Å². The number of benzene rings is 1. The van der Waals surface area contributed by atoms with Gasteiger partial charge in [0.2, 0.25) is 17.7 Å². The van der Waals surface area contributed by atoms with Crippen LogP contribution in [0.5, 0.6) is 0 Å². The van der Waals surface area contributed by atoms with Gasteiger partial charge in [-0.3, -0.25) is 29.4 Å². The number of halogens is 1. The number of aliphatic carboxylic acids is 1. The van der Waals surface area contributed by atoms with Crippen molar-refractivity contribution in [1.29, 1.82) is 0 Å². The number of nitrogens with zero attached hydrogens (tertiary/aromatic N) is 1. The van der Waals surface area contributed by atoms with E-state index in [1.165, 1.54) is 4.90 Å². The lowest BCUT2D eigenvalue weighted by Gasteiger charge is -2.34. The molecule has 3 aliphatic heterocycles. The van der Waals surface area contributed by atoms with E-state index in [0.717, 1.165) is 0 Å². The van der Waals surface area contributed by atoms with Gasteiger partial charge in [0.1, 0.15) is 5.54 Å². The molecule has 8 nitrogen and oxygen atoms in total. The van der Waals surface area contributed by atoms with E-state index in [2.05, 4.69) is 10.6 Å². The quantitative estimate of drug-likeness (QED) is 0.642. The third-order valence-corrected chi connectivity index (χ3v) is 6.35. The van der Waals surface area contributed by atoms with Crippen molar-refractivity contribution in [2.24, 2.45) is 11.8 Å². The number of fused-ring (bicyclic) bond motifs is 4. The Morgan fingerprint density at radius 3 is 2.55 bits per heavy atom. The summed E-state index contributed by atoms with van der Waals surface area (Å²) in [4.78, 5) is 52.3. The van der Waals surface area contributed by atoms with Crippen molar-refractivity contribution in [2.45, 2.75) is 50.7 Å². The number of carboxylic acid groups (broad SMARTS) is 1. The predicted octanol–water partition coefficient (Wildman–Crippen LogP) is 1.72. The number of rotatable bonds is 3. The van der Waals surface area contributed by atoms with E-state index in [1.807, 2.05) is 0 Å². The van der Waals surface area contributed by atoms with Gasteiger partial charge < -0.3 is 10.4 Å². The van der Waals surface area contributed by atoms with E-state index < -0.39 is 46.7 Å². The second kappa shape index (κ2) is 6.27. The van der Waals surface area contributed by atoms with Crippen molar-refractivity contribution in [3.05, 3.63) is 28.8 Å². The van der Waals surface area contributed by atoms with Crippen molar-refractivity contribution in [3.8, 4) is 0 Å². The van der Waals surface area contributed by atoms with Crippen LogP contribution in [0.25, 0.3) is 0 Å². The van der Waals surface area contributed by atoms with Crippen molar-refractivity contribution in [3.63, 3.8) is 0 Å². The highest BCUT2D eigenvalue weighted by Gasteiger charge is 2.71. The Kier molecular flexibility index (Phi) is 4.29. The number of nitrogens with one attached hydrogen (secondary N) is 2. The van der Waals surface area contributed by atoms with Crippen LogP contribution in [0.4, 0.5) is 5.69 Å². The largest absolute Gasteiger partial charge is 0.481 e. The molecule has 9 heteroatoms. The highest BCUT2D eigenvalue weighted by Crippen LogP contribution is 2.55. The Labute approximate surface area is 172 Å². The third-order valence-electron chi connectivity index (χ3n) is 6.04. The van der Waals surface area contributed by atoms with Crippen molar-refractivity contribution < 1.29 is 24.3 Å². The number of carbonyl (C=O) groups excluding carboxylic acids is 3. The molecule has 1 aromatic rings. The molecule has 3 aliphatic rings. The van der Waals surface area contributed by atoms with Crippen molar-refractivity contribution in [1.82, 2.24) is 10.2 Å².